The summed E-state index contributed by atoms with van der Waals surface area (Å²) in [4.78, 5) is -0.701. The summed E-state index contributed by atoms with van der Waals surface area (Å²) in [6, 6.07) is 2.29. The van der Waals surface area contributed by atoms with Gasteiger partial charge in [0.2, 0.25) is 10.0 Å². The fourth-order valence-electron chi connectivity index (χ4n) is 1.51. The topological polar surface area (TPSA) is 72.2 Å². The molecule has 0 aliphatic rings. The standard InChI is InChI=1S/C11H16F2N2O2S/c1-11(2,5-6-14)15-18(16,17)10-7-8(12)3-4-9(10)13/h3-4,7,15H,5-6,14H2,1-2H3. The predicted octanol–water partition coefficient (Wildman–Crippen LogP) is 1.37. The number of benzene rings is 1. The maximum absolute atomic E-state index is 13.4. The summed E-state index contributed by atoms with van der Waals surface area (Å²) in [5.74, 6) is -1.80. The van der Waals surface area contributed by atoms with Crippen LogP contribution in [-0.4, -0.2) is 20.5 Å². The molecule has 7 heteroatoms. The van der Waals surface area contributed by atoms with Crippen molar-refractivity contribution in [3.63, 3.8) is 0 Å². The van der Waals surface area contributed by atoms with Crippen molar-refractivity contribution < 1.29 is 17.2 Å². The van der Waals surface area contributed by atoms with Crippen molar-refractivity contribution in [2.45, 2.75) is 30.7 Å². The Morgan fingerprint density at radius 3 is 2.50 bits per heavy atom. The van der Waals surface area contributed by atoms with Crippen LogP contribution in [0.1, 0.15) is 20.3 Å². The average Bonchev–Trinajstić information content (AvgIpc) is 2.19. The van der Waals surface area contributed by atoms with E-state index in [4.69, 9.17) is 5.73 Å². The minimum atomic E-state index is -4.11. The van der Waals surface area contributed by atoms with Crippen LogP contribution < -0.4 is 10.5 Å². The van der Waals surface area contributed by atoms with Gasteiger partial charge in [-0.3, -0.25) is 0 Å². The van der Waals surface area contributed by atoms with Gasteiger partial charge in [0.25, 0.3) is 0 Å². The molecule has 0 saturated carbocycles. The van der Waals surface area contributed by atoms with Crippen molar-refractivity contribution in [2.24, 2.45) is 5.73 Å². The lowest BCUT2D eigenvalue weighted by atomic mass is 10.0. The van der Waals surface area contributed by atoms with Crippen molar-refractivity contribution in [3.8, 4) is 0 Å². The Morgan fingerprint density at radius 1 is 1.33 bits per heavy atom. The molecule has 1 aromatic rings. The molecular formula is C11H16F2N2O2S. The molecule has 18 heavy (non-hydrogen) atoms. The summed E-state index contributed by atoms with van der Waals surface area (Å²) >= 11 is 0. The van der Waals surface area contributed by atoms with Crippen LogP contribution in [0, 0.1) is 11.6 Å². The highest BCUT2D eigenvalue weighted by molar-refractivity contribution is 7.89. The Bertz CT molecular complexity index is 530. The number of hydrogen-bond acceptors (Lipinski definition) is 3. The zero-order chi connectivity index (χ0) is 14.0. The summed E-state index contributed by atoms with van der Waals surface area (Å²) < 4.78 is 52.6. The molecular weight excluding hydrogens is 262 g/mol. The summed E-state index contributed by atoms with van der Waals surface area (Å²) in [5.41, 5.74) is 4.53. The fraction of sp³-hybridized carbons (Fsp3) is 0.455. The van der Waals surface area contributed by atoms with Gasteiger partial charge in [0.05, 0.1) is 0 Å². The molecule has 1 rings (SSSR count). The van der Waals surface area contributed by atoms with Crippen molar-refractivity contribution >= 4 is 10.0 Å². The summed E-state index contributed by atoms with van der Waals surface area (Å²) in [5, 5.41) is 0. The van der Waals surface area contributed by atoms with Crippen LogP contribution in [0.5, 0.6) is 0 Å². The predicted molar refractivity (Wildman–Crippen MR) is 64.4 cm³/mol. The Kier molecular flexibility index (Phi) is 4.41. The number of nitrogens with one attached hydrogen (secondary N) is 1. The summed E-state index contributed by atoms with van der Waals surface area (Å²) in [7, 11) is -4.11. The normalized spacial score (nSPS) is 12.7. The molecule has 3 N–H and O–H groups in total. The first-order valence-corrected chi connectivity index (χ1v) is 6.85. The number of nitrogens with two attached hydrogens (primary N) is 1. The highest BCUT2D eigenvalue weighted by atomic mass is 32.2. The third kappa shape index (κ3) is 3.72. The zero-order valence-corrected chi connectivity index (χ0v) is 11.0. The van der Waals surface area contributed by atoms with Gasteiger partial charge in [-0.05, 0) is 45.0 Å². The maximum Gasteiger partial charge on any atom is 0.244 e. The molecule has 0 bridgehead atoms. The first-order valence-electron chi connectivity index (χ1n) is 5.37. The minimum Gasteiger partial charge on any atom is -0.330 e. The smallest absolute Gasteiger partial charge is 0.244 e. The molecule has 102 valence electrons. The van der Waals surface area contributed by atoms with Gasteiger partial charge in [-0.15, -0.1) is 0 Å². The van der Waals surface area contributed by atoms with Gasteiger partial charge in [0, 0.05) is 5.54 Å². The van der Waals surface area contributed by atoms with E-state index in [-0.39, 0.29) is 6.54 Å². The third-order valence-corrected chi connectivity index (χ3v) is 4.08. The third-order valence-electron chi connectivity index (χ3n) is 2.36. The molecule has 0 saturated heterocycles. The molecule has 0 fully saturated rings. The van der Waals surface area contributed by atoms with Crippen LogP contribution in [0.3, 0.4) is 0 Å². The average molecular weight is 278 g/mol. The second-order valence-electron chi connectivity index (χ2n) is 4.60. The van der Waals surface area contributed by atoms with Gasteiger partial charge < -0.3 is 5.73 Å². The van der Waals surface area contributed by atoms with E-state index in [2.05, 4.69) is 4.72 Å². The fourth-order valence-corrected chi connectivity index (χ4v) is 3.05. The number of halogens is 2. The largest absolute Gasteiger partial charge is 0.330 e. The van der Waals surface area contributed by atoms with Crippen molar-refractivity contribution in [1.29, 1.82) is 0 Å². The molecule has 0 heterocycles. The molecule has 0 aliphatic carbocycles. The lowest BCUT2D eigenvalue weighted by Gasteiger charge is -2.25. The van der Waals surface area contributed by atoms with E-state index in [1.165, 1.54) is 0 Å². The minimum absolute atomic E-state index is 0.279. The highest BCUT2D eigenvalue weighted by Gasteiger charge is 2.27. The van der Waals surface area contributed by atoms with Crippen LogP contribution in [0.15, 0.2) is 23.1 Å². The number of sulfonamides is 1. The van der Waals surface area contributed by atoms with Crippen molar-refractivity contribution in [2.75, 3.05) is 6.54 Å². The second kappa shape index (κ2) is 5.29. The molecule has 4 nitrogen and oxygen atoms in total. The summed E-state index contributed by atoms with van der Waals surface area (Å²) in [6.07, 6.45) is 0.378. The van der Waals surface area contributed by atoms with Gasteiger partial charge >= 0.3 is 0 Å². The first kappa shape index (κ1) is 15.0. The SMILES string of the molecule is CC(C)(CCN)NS(=O)(=O)c1cc(F)ccc1F. The molecule has 0 unspecified atom stereocenters. The van der Waals surface area contributed by atoms with Crippen LogP contribution in [-0.2, 0) is 10.0 Å². The number of hydrogen-bond donors (Lipinski definition) is 2. The molecule has 0 amide bonds. The molecule has 1 aromatic carbocycles. The highest BCUT2D eigenvalue weighted by Crippen LogP contribution is 2.19. The molecule has 0 aromatic heterocycles. The first-order chi connectivity index (χ1) is 8.18. The molecule has 0 radical (unpaired) electrons. The molecule has 0 spiro atoms. The quantitative estimate of drug-likeness (QED) is 0.854. The van der Waals surface area contributed by atoms with E-state index in [0.717, 1.165) is 12.1 Å². The van der Waals surface area contributed by atoms with E-state index in [0.29, 0.717) is 12.5 Å². The van der Waals surface area contributed by atoms with Gasteiger partial charge in [0.15, 0.2) is 0 Å². The zero-order valence-electron chi connectivity index (χ0n) is 10.2. The van der Waals surface area contributed by atoms with E-state index in [9.17, 15) is 17.2 Å². The Balaban J connectivity index is 3.11. The van der Waals surface area contributed by atoms with E-state index in [1.54, 1.807) is 13.8 Å². The molecule has 0 atom stereocenters. The van der Waals surface area contributed by atoms with Gasteiger partial charge in [-0.1, -0.05) is 0 Å². The van der Waals surface area contributed by atoms with Crippen LogP contribution in [0.25, 0.3) is 0 Å². The lowest BCUT2D eigenvalue weighted by Crippen LogP contribution is -2.44. The van der Waals surface area contributed by atoms with E-state index >= 15 is 0 Å². The van der Waals surface area contributed by atoms with E-state index in [1.807, 2.05) is 0 Å². The lowest BCUT2D eigenvalue weighted by molar-refractivity contribution is 0.425. The molecule has 0 aliphatic heterocycles. The second-order valence-corrected chi connectivity index (χ2v) is 6.25. The van der Waals surface area contributed by atoms with Crippen LogP contribution >= 0.6 is 0 Å². The number of rotatable bonds is 5. The van der Waals surface area contributed by atoms with Gasteiger partial charge in [-0.25, -0.2) is 21.9 Å². The van der Waals surface area contributed by atoms with Crippen molar-refractivity contribution in [1.82, 2.24) is 4.72 Å². The van der Waals surface area contributed by atoms with Crippen LogP contribution in [0.2, 0.25) is 0 Å². The van der Waals surface area contributed by atoms with E-state index < -0.39 is 32.1 Å². The Labute approximate surface area is 105 Å². The monoisotopic (exact) mass is 278 g/mol. The van der Waals surface area contributed by atoms with Gasteiger partial charge in [-0.2, -0.15) is 0 Å². The Hall–Kier alpha value is -1.05. The van der Waals surface area contributed by atoms with Crippen molar-refractivity contribution in [3.05, 3.63) is 29.8 Å². The maximum atomic E-state index is 13.4. The van der Waals surface area contributed by atoms with Gasteiger partial charge in [0.1, 0.15) is 16.5 Å². The summed E-state index contributed by atoms with van der Waals surface area (Å²) in [6.45, 7) is 3.52. The Morgan fingerprint density at radius 2 is 1.94 bits per heavy atom. The van der Waals surface area contributed by atoms with Crippen LogP contribution in [0.4, 0.5) is 8.78 Å².